The summed E-state index contributed by atoms with van der Waals surface area (Å²) in [6, 6.07) is 7.73. The first-order valence-electron chi connectivity index (χ1n) is 8.33. The van der Waals surface area contributed by atoms with Crippen molar-refractivity contribution in [3.8, 4) is 0 Å². The van der Waals surface area contributed by atoms with E-state index in [9.17, 15) is 9.59 Å². The molecule has 0 spiro atoms. The van der Waals surface area contributed by atoms with Crippen LogP contribution in [-0.2, 0) is 17.9 Å². The van der Waals surface area contributed by atoms with E-state index in [1.807, 2.05) is 31.2 Å². The van der Waals surface area contributed by atoms with Crippen molar-refractivity contribution in [2.75, 3.05) is 6.54 Å². The molecule has 1 saturated carbocycles. The van der Waals surface area contributed by atoms with E-state index in [-0.39, 0.29) is 36.6 Å². The van der Waals surface area contributed by atoms with Crippen molar-refractivity contribution in [1.29, 1.82) is 0 Å². The maximum absolute atomic E-state index is 12.5. The number of benzene rings is 1. The zero-order chi connectivity index (χ0) is 16.4. The zero-order valence-corrected chi connectivity index (χ0v) is 14.7. The molecule has 3 rings (SSSR count). The molecule has 2 atom stereocenters. The lowest BCUT2D eigenvalue weighted by Gasteiger charge is -2.19. The Bertz CT molecular complexity index is 768. The molecule has 7 heteroatoms. The summed E-state index contributed by atoms with van der Waals surface area (Å²) in [6.45, 7) is 3.18. The third-order valence-electron chi connectivity index (χ3n) is 4.85. The number of nitrogens with one attached hydrogen (secondary N) is 1. The van der Waals surface area contributed by atoms with Gasteiger partial charge in [-0.1, -0.05) is 18.6 Å². The van der Waals surface area contributed by atoms with Gasteiger partial charge in [-0.2, -0.15) is 0 Å². The summed E-state index contributed by atoms with van der Waals surface area (Å²) in [7, 11) is 0. The molecule has 0 bridgehead atoms. The molecule has 24 heavy (non-hydrogen) atoms. The van der Waals surface area contributed by atoms with Crippen molar-refractivity contribution in [3.05, 3.63) is 34.7 Å². The van der Waals surface area contributed by atoms with E-state index in [1.54, 1.807) is 9.13 Å². The number of aryl methyl sites for hydroxylation is 1. The van der Waals surface area contributed by atoms with Gasteiger partial charge in [0.2, 0.25) is 5.91 Å². The van der Waals surface area contributed by atoms with Crippen molar-refractivity contribution >= 4 is 29.3 Å². The lowest BCUT2D eigenvalue weighted by atomic mass is 10.0. The Labute approximate surface area is 147 Å². The number of imidazole rings is 1. The average molecular weight is 353 g/mol. The van der Waals surface area contributed by atoms with Gasteiger partial charge in [0.05, 0.1) is 11.0 Å². The molecule has 1 fully saturated rings. The van der Waals surface area contributed by atoms with Gasteiger partial charge >= 0.3 is 5.69 Å². The minimum atomic E-state index is -0.134. The standard InChI is InChI=1S/C17H24N4O2.ClH/c1-2-20-14-8-3-4-9-15(14)21(17(20)23)11-16(22)19-13-7-5-6-12(13)10-18;/h3-4,8-9,12-13H,2,5-7,10-11,18H2,1H3,(H,19,22);1H. The van der Waals surface area contributed by atoms with Gasteiger partial charge < -0.3 is 11.1 Å². The number of carbonyl (C=O) groups excluding carboxylic acids is 1. The van der Waals surface area contributed by atoms with Crippen LogP contribution in [0.25, 0.3) is 11.0 Å². The first kappa shape index (κ1) is 18.5. The van der Waals surface area contributed by atoms with Crippen LogP contribution in [0.2, 0.25) is 0 Å². The highest BCUT2D eigenvalue weighted by Crippen LogP contribution is 2.24. The summed E-state index contributed by atoms with van der Waals surface area (Å²) in [6.07, 6.45) is 3.14. The van der Waals surface area contributed by atoms with Gasteiger partial charge in [0.15, 0.2) is 0 Å². The second-order valence-corrected chi connectivity index (χ2v) is 6.20. The highest BCUT2D eigenvalue weighted by atomic mass is 35.5. The summed E-state index contributed by atoms with van der Waals surface area (Å²) in [5, 5.41) is 3.06. The first-order chi connectivity index (χ1) is 11.2. The summed E-state index contributed by atoms with van der Waals surface area (Å²) in [4.78, 5) is 24.9. The van der Waals surface area contributed by atoms with Crippen LogP contribution in [0.15, 0.2) is 29.1 Å². The van der Waals surface area contributed by atoms with Crippen LogP contribution in [-0.4, -0.2) is 27.6 Å². The van der Waals surface area contributed by atoms with Crippen molar-refractivity contribution in [3.63, 3.8) is 0 Å². The molecule has 2 unspecified atom stereocenters. The molecule has 1 aliphatic carbocycles. The van der Waals surface area contributed by atoms with E-state index in [2.05, 4.69) is 5.32 Å². The minimum Gasteiger partial charge on any atom is -0.351 e. The van der Waals surface area contributed by atoms with Gasteiger partial charge in [0.25, 0.3) is 0 Å². The van der Waals surface area contributed by atoms with Crippen molar-refractivity contribution < 1.29 is 4.79 Å². The van der Waals surface area contributed by atoms with Gasteiger partial charge in [-0.15, -0.1) is 12.4 Å². The van der Waals surface area contributed by atoms with E-state index < -0.39 is 0 Å². The lowest BCUT2D eigenvalue weighted by molar-refractivity contribution is -0.122. The fourth-order valence-corrected chi connectivity index (χ4v) is 3.64. The number of nitrogens with zero attached hydrogens (tertiary/aromatic N) is 2. The molecule has 3 N–H and O–H groups in total. The van der Waals surface area contributed by atoms with E-state index in [0.717, 1.165) is 30.3 Å². The normalized spacial score (nSPS) is 20.1. The number of nitrogens with two attached hydrogens (primary N) is 1. The van der Waals surface area contributed by atoms with E-state index in [1.165, 1.54) is 0 Å². The van der Waals surface area contributed by atoms with Crippen LogP contribution in [0.1, 0.15) is 26.2 Å². The van der Waals surface area contributed by atoms with Crippen LogP contribution in [0.5, 0.6) is 0 Å². The molecule has 1 aliphatic rings. The quantitative estimate of drug-likeness (QED) is 0.855. The predicted molar refractivity (Wildman–Crippen MR) is 97.4 cm³/mol. The van der Waals surface area contributed by atoms with Crippen LogP contribution in [0.4, 0.5) is 0 Å². The Morgan fingerprint density at radius 3 is 2.54 bits per heavy atom. The van der Waals surface area contributed by atoms with Crippen molar-refractivity contribution in [2.24, 2.45) is 11.7 Å². The van der Waals surface area contributed by atoms with Gasteiger partial charge in [0.1, 0.15) is 6.54 Å². The number of rotatable bonds is 5. The Hall–Kier alpha value is -1.79. The number of hydrogen-bond acceptors (Lipinski definition) is 3. The summed E-state index contributed by atoms with van der Waals surface area (Å²) in [5.74, 6) is 0.240. The lowest BCUT2D eigenvalue weighted by Crippen LogP contribution is -2.42. The Kier molecular flexibility index (Phi) is 6.07. The van der Waals surface area contributed by atoms with Crippen molar-refractivity contribution in [1.82, 2.24) is 14.5 Å². The van der Waals surface area contributed by atoms with Crippen LogP contribution in [0, 0.1) is 5.92 Å². The van der Waals surface area contributed by atoms with Gasteiger partial charge in [-0.05, 0) is 44.4 Å². The Balaban J connectivity index is 0.00000208. The third kappa shape index (κ3) is 3.35. The maximum atomic E-state index is 12.5. The van der Waals surface area contributed by atoms with Gasteiger partial charge in [0, 0.05) is 12.6 Å². The number of fused-ring (bicyclic) bond motifs is 1. The Morgan fingerprint density at radius 2 is 1.92 bits per heavy atom. The zero-order valence-electron chi connectivity index (χ0n) is 13.9. The fraction of sp³-hybridized carbons (Fsp3) is 0.529. The molecule has 0 radical (unpaired) electrons. The van der Waals surface area contributed by atoms with Crippen LogP contribution >= 0.6 is 12.4 Å². The molecule has 0 saturated heterocycles. The molecule has 6 nitrogen and oxygen atoms in total. The molecular weight excluding hydrogens is 328 g/mol. The van der Waals surface area contributed by atoms with Crippen LogP contribution < -0.4 is 16.7 Å². The number of halogens is 1. The van der Waals surface area contributed by atoms with Gasteiger partial charge in [-0.25, -0.2) is 4.79 Å². The molecule has 0 aliphatic heterocycles. The third-order valence-corrected chi connectivity index (χ3v) is 4.85. The molecule has 1 heterocycles. The first-order valence-corrected chi connectivity index (χ1v) is 8.33. The monoisotopic (exact) mass is 352 g/mol. The summed E-state index contributed by atoms with van der Waals surface area (Å²) < 4.78 is 3.25. The smallest absolute Gasteiger partial charge is 0.329 e. The summed E-state index contributed by atoms with van der Waals surface area (Å²) in [5.41, 5.74) is 7.30. The number of para-hydroxylation sites is 2. The highest BCUT2D eigenvalue weighted by molar-refractivity contribution is 5.85. The number of carbonyl (C=O) groups is 1. The Morgan fingerprint density at radius 1 is 1.25 bits per heavy atom. The number of aromatic nitrogens is 2. The van der Waals surface area contributed by atoms with E-state index >= 15 is 0 Å². The molecule has 2 aromatic rings. The maximum Gasteiger partial charge on any atom is 0.329 e. The van der Waals surface area contributed by atoms with E-state index in [4.69, 9.17) is 5.73 Å². The average Bonchev–Trinajstić information content (AvgIpc) is 3.10. The molecule has 132 valence electrons. The number of hydrogen-bond donors (Lipinski definition) is 2. The van der Waals surface area contributed by atoms with E-state index in [0.29, 0.717) is 19.0 Å². The molecule has 1 amide bonds. The highest BCUT2D eigenvalue weighted by Gasteiger charge is 2.27. The predicted octanol–water partition coefficient (Wildman–Crippen LogP) is 1.49. The topological polar surface area (TPSA) is 82.0 Å². The molecule has 1 aromatic carbocycles. The number of amides is 1. The fourth-order valence-electron chi connectivity index (χ4n) is 3.64. The minimum absolute atomic E-state index is 0. The van der Waals surface area contributed by atoms with Gasteiger partial charge in [-0.3, -0.25) is 13.9 Å². The SMILES string of the molecule is CCn1c(=O)n(CC(=O)NC2CCCC2CN)c2ccccc21.Cl. The molecular formula is C17H25ClN4O2. The molecule has 1 aromatic heterocycles. The van der Waals surface area contributed by atoms with Crippen molar-refractivity contribution in [2.45, 2.75) is 45.3 Å². The second kappa shape index (κ2) is 7.85. The largest absolute Gasteiger partial charge is 0.351 e. The van der Waals surface area contributed by atoms with Crippen LogP contribution in [0.3, 0.4) is 0 Å². The summed E-state index contributed by atoms with van der Waals surface area (Å²) >= 11 is 0. The second-order valence-electron chi connectivity index (χ2n) is 6.20.